The topological polar surface area (TPSA) is 85.9 Å². The average molecular weight is 250 g/mol. The molecule has 1 aromatic carbocycles. The highest BCUT2D eigenvalue weighted by Crippen LogP contribution is 2.23. The molecule has 0 radical (unpaired) electrons. The van der Waals surface area contributed by atoms with Gasteiger partial charge < -0.3 is 0 Å². The Morgan fingerprint density at radius 1 is 1.24 bits per heavy atom. The smallest absolute Gasteiger partial charge is 0.224 e. The lowest BCUT2D eigenvalue weighted by Crippen LogP contribution is -2.41. The number of hydrogen-bond donors (Lipinski definition) is 0. The molecule has 1 aromatic rings. The minimum Gasteiger partial charge on any atom is -0.224 e. The Balaban J connectivity index is 2.77. The van der Waals surface area contributed by atoms with E-state index >= 15 is 0 Å². The summed E-state index contributed by atoms with van der Waals surface area (Å²) in [7, 11) is -1.22. The van der Waals surface area contributed by atoms with E-state index in [-0.39, 0.29) is 0 Å². The predicted molar refractivity (Wildman–Crippen MR) is 59.7 cm³/mol. The van der Waals surface area contributed by atoms with Gasteiger partial charge in [0.05, 0.1) is 10.7 Å². The molecule has 1 aliphatic heterocycles. The third-order valence-electron chi connectivity index (χ3n) is 2.41. The van der Waals surface area contributed by atoms with Crippen LogP contribution in [0.3, 0.4) is 0 Å². The fraction of sp³-hybridized carbons (Fsp3) is 0.300. The van der Waals surface area contributed by atoms with Gasteiger partial charge in [-0.1, -0.05) is 12.1 Å². The number of fused-ring (bicyclic) bond motifs is 1. The van der Waals surface area contributed by atoms with E-state index in [0.29, 0.717) is 10.7 Å². The summed E-state index contributed by atoms with van der Waals surface area (Å²) in [4.78, 5) is 5.79. The molecule has 0 bridgehead atoms. The monoisotopic (exact) mass is 250 g/mol. The molecule has 0 N–H and O–H groups in total. The first-order valence-corrected chi connectivity index (χ1v) is 6.25. The molecular weight excluding hydrogens is 240 g/mol. The van der Waals surface area contributed by atoms with Crippen LogP contribution >= 0.6 is 0 Å². The summed E-state index contributed by atoms with van der Waals surface area (Å²) in [6.45, 7) is 0. The van der Waals surface area contributed by atoms with Crippen molar-refractivity contribution in [1.29, 1.82) is 5.26 Å². The second kappa shape index (κ2) is 3.61. The largest absolute Gasteiger partial charge is 0.356 e. The number of para-hydroxylation sites is 2. The maximum Gasteiger partial charge on any atom is 0.356 e. The van der Waals surface area contributed by atoms with Crippen molar-refractivity contribution in [2.75, 3.05) is 14.1 Å². The van der Waals surface area contributed by atoms with Gasteiger partial charge in [-0.3, -0.25) is 0 Å². The molecule has 0 spiro atoms. The third-order valence-corrected chi connectivity index (χ3v) is 4.37. The zero-order valence-corrected chi connectivity index (χ0v) is 10.1. The number of sulfonamides is 1. The molecule has 0 atom stereocenters. The standard InChI is InChI=1S/C10H10N4O2S/c1-14(2)17(15,16)10(7-11)12-8-5-3-4-6-9(8)13-10/h3-6H,1-2H3. The van der Waals surface area contributed by atoms with E-state index < -0.39 is 15.0 Å². The van der Waals surface area contributed by atoms with Gasteiger partial charge in [0, 0.05) is 14.1 Å². The zero-order valence-electron chi connectivity index (χ0n) is 9.32. The van der Waals surface area contributed by atoms with Gasteiger partial charge >= 0.3 is 4.99 Å². The van der Waals surface area contributed by atoms with Crippen LogP contribution in [0, 0.1) is 11.3 Å². The highest BCUT2D eigenvalue weighted by atomic mass is 32.2. The summed E-state index contributed by atoms with van der Waals surface area (Å²) >= 11 is 0. The van der Waals surface area contributed by atoms with Crippen molar-refractivity contribution in [2.24, 2.45) is 9.98 Å². The first-order valence-electron chi connectivity index (χ1n) is 4.81. The first-order chi connectivity index (χ1) is 7.93. The van der Waals surface area contributed by atoms with Crippen LogP contribution in [-0.2, 0) is 10.0 Å². The lowest BCUT2D eigenvalue weighted by atomic mass is 10.3. The summed E-state index contributed by atoms with van der Waals surface area (Å²) in [5, 5.41) is 9.96. The zero-order chi connectivity index (χ0) is 12.7. The maximum absolute atomic E-state index is 12.1. The minimum atomic E-state index is -3.92. The second-order valence-corrected chi connectivity index (χ2v) is 5.97. The van der Waals surface area contributed by atoms with Crippen LogP contribution in [0.5, 0.6) is 0 Å². The molecule has 1 aliphatic rings. The lowest BCUT2D eigenvalue weighted by Gasteiger charge is -2.19. The molecule has 0 unspecified atom stereocenters. The van der Waals surface area contributed by atoms with Crippen LogP contribution in [0.25, 0.3) is 0 Å². The Morgan fingerprint density at radius 3 is 2.06 bits per heavy atom. The number of benzene rings is 1. The summed E-state index contributed by atoms with van der Waals surface area (Å²) in [5.74, 6) is 0. The van der Waals surface area contributed by atoms with E-state index in [4.69, 9.17) is 5.26 Å². The number of nitrogens with zero attached hydrogens (tertiary/aromatic N) is 4. The molecule has 0 fully saturated rings. The van der Waals surface area contributed by atoms with E-state index in [2.05, 4.69) is 9.98 Å². The van der Waals surface area contributed by atoms with Crippen molar-refractivity contribution in [3.63, 3.8) is 0 Å². The summed E-state index contributed by atoms with van der Waals surface area (Å²) in [5.41, 5.74) is 0. The average Bonchev–Trinajstić information content (AvgIpc) is 2.68. The van der Waals surface area contributed by atoms with E-state index in [1.165, 1.54) is 14.1 Å². The Morgan fingerprint density at radius 2 is 1.71 bits per heavy atom. The Hall–Kier alpha value is -1.78. The quantitative estimate of drug-likeness (QED) is 0.675. The summed E-state index contributed by atoms with van der Waals surface area (Å²) in [6.07, 6.45) is 0. The van der Waals surface area contributed by atoms with Crippen LogP contribution in [-0.4, -0.2) is 31.8 Å². The molecule has 17 heavy (non-hydrogen) atoms. The van der Waals surface area contributed by atoms with Crippen molar-refractivity contribution < 1.29 is 8.42 Å². The molecule has 0 amide bonds. The van der Waals surface area contributed by atoms with E-state index in [1.807, 2.05) is 0 Å². The van der Waals surface area contributed by atoms with Gasteiger partial charge in [0.15, 0.2) is 0 Å². The Kier molecular flexibility index (Phi) is 2.49. The van der Waals surface area contributed by atoms with Gasteiger partial charge in [-0.25, -0.2) is 22.7 Å². The fourth-order valence-corrected chi connectivity index (χ4v) is 2.53. The van der Waals surface area contributed by atoms with E-state index in [0.717, 1.165) is 4.31 Å². The minimum absolute atomic E-state index is 0.416. The number of nitriles is 1. The van der Waals surface area contributed by atoms with Gasteiger partial charge in [0.1, 0.15) is 6.07 Å². The van der Waals surface area contributed by atoms with Gasteiger partial charge in [0.25, 0.3) is 10.0 Å². The predicted octanol–water partition coefficient (Wildman–Crippen LogP) is -0.992. The van der Waals surface area contributed by atoms with Crippen LogP contribution in [0.2, 0.25) is 0 Å². The third kappa shape index (κ3) is 1.53. The fourth-order valence-electron chi connectivity index (χ4n) is 1.48. The highest BCUT2D eigenvalue weighted by Gasteiger charge is 2.47. The molecule has 88 valence electrons. The van der Waals surface area contributed by atoms with Crippen LogP contribution in [0.4, 0.5) is 0 Å². The van der Waals surface area contributed by atoms with Gasteiger partial charge in [-0.05, 0) is 12.1 Å². The second-order valence-electron chi connectivity index (χ2n) is 3.72. The maximum atomic E-state index is 12.1. The normalized spacial score (nSPS) is 16.8. The van der Waals surface area contributed by atoms with Crippen LogP contribution in [0.1, 0.15) is 0 Å². The van der Waals surface area contributed by atoms with Crippen molar-refractivity contribution in [1.82, 2.24) is 4.31 Å². The van der Waals surface area contributed by atoms with E-state index in [1.54, 1.807) is 30.3 Å². The molecule has 0 saturated heterocycles. The first kappa shape index (κ1) is 11.7. The summed E-state index contributed by atoms with van der Waals surface area (Å²) in [6, 6.07) is 8.37. The lowest BCUT2D eigenvalue weighted by molar-refractivity contribution is 0.491. The van der Waals surface area contributed by atoms with Gasteiger partial charge in [0.2, 0.25) is 0 Å². The Labute approximate surface area is 98.6 Å². The molecule has 2 rings (SSSR count). The molecule has 1 heterocycles. The highest BCUT2D eigenvalue weighted by molar-refractivity contribution is 7.90. The molecule has 7 heteroatoms. The van der Waals surface area contributed by atoms with Gasteiger partial charge in [-0.2, -0.15) is 5.26 Å². The van der Waals surface area contributed by atoms with E-state index in [9.17, 15) is 8.42 Å². The van der Waals surface area contributed by atoms with Crippen molar-refractivity contribution >= 4 is 10.0 Å². The molecular formula is C10H10N4O2S. The van der Waals surface area contributed by atoms with Gasteiger partial charge in [-0.15, -0.1) is 0 Å². The molecule has 0 saturated carbocycles. The molecule has 6 nitrogen and oxygen atoms in total. The molecule has 0 aromatic heterocycles. The number of rotatable bonds is 2. The van der Waals surface area contributed by atoms with Crippen LogP contribution < -0.4 is 10.7 Å². The van der Waals surface area contributed by atoms with Crippen molar-refractivity contribution in [2.45, 2.75) is 4.99 Å². The number of hydrogen-bond acceptors (Lipinski definition) is 5. The summed E-state index contributed by atoms with van der Waals surface area (Å²) < 4.78 is 25.1. The Bertz CT molecular complexity index is 680. The SMILES string of the molecule is CN(C)S(=O)(=O)C1(C#N)N=c2ccccc2=N1. The van der Waals surface area contributed by atoms with Crippen LogP contribution in [0.15, 0.2) is 34.3 Å². The van der Waals surface area contributed by atoms with Crippen molar-refractivity contribution in [3.05, 3.63) is 35.0 Å². The van der Waals surface area contributed by atoms with Crippen molar-refractivity contribution in [3.8, 4) is 6.07 Å². The molecule has 0 aliphatic carbocycles.